The molecule has 0 saturated carbocycles. The SMILES string of the molecule is Cc1nc(=O)n(C[C@H](F)CN2C3CCC2CC(OCc2ccccc2CF)C3)c(=O)n1C. The second kappa shape index (κ2) is 9.62. The molecule has 0 aliphatic carbocycles. The molecule has 2 aliphatic rings. The number of hydrogen-bond donors (Lipinski definition) is 0. The van der Waals surface area contributed by atoms with E-state index in [4.69, 9.17) is 4.74 Å². The molecule has 2 fully saturated rings. The molecule has 174 valence electrons. The highest BCUT2D eigenvalue weighted by Crippen LogP contribution is 2.37. The summed E-state index contributed by atoms with van der Waals surface area (Å²) in [6.07, 6.45) is 2.27. The van der Waals surface area contributed by atoms with Crippen LogP contribution in [0.1, 0.15) is 42.6 Å². The Morgan fingerprint density at radius 2 is 1.78 bits per heavy atom. The lowest BCUT2D eigenvalue weighted by atomic mass is 9.99. The van der Waals surface area contributed by atoms with Gasteiger partial charge in [-0.2, -0.15) is 4.98 Å². The number of fused-ring (bicyclic) bond motifs is 2. The smallest absolute Gasteiger partial charge is 0.353 e. The number of halogens is 2. The van der Waals surface area contributed by atoms with Gasteiger partial charge in [0.25, 0.3) is 0 Å². The minimum atomic E-state index is -1.35. The lowest BCUT2D eigenvalue weighted by Gasteiger charge is -2.39. The quantitative estimate of drug-likeness (QED) is 0.620. The molecule has 3 heterocycles. The van der Waals surface area contributed by atoms with Crippen LogP contribution in [-0.4, -0.2) is 49.9 Å². The highest BCUT2D eigenvalue weighted by Gasteiger charge is 2.42. The van der Waals surface area contributed by atoms with E-state index in [1.54, 1.807) is 13.0 Å². The minimum absolute atomic E-state index is 0.0608. The maximum absolute atomic E-state index is 14.9. The Morgan fingerprint density at radius 1 is 1.12 bits per heavy atom. The molecule has 9 heteroatoms. The van der Waals surface area contributed by atoms with Gasteiger partial charge in [-0.15, -0.1) is 0 Å². The third-order valence-corrected chi connectivity index (χ3v) is 6.86. The molecule has 1 aromatic carbocycles. The predicted octanol–water partition coefficient (Wildman–Crippen LogP) is 2.27. The zero-order chi connectivity index (χ0) is 22.8. The van der Waals surface area contributed by atoms with Crippen LogP contribution in [0.4, 0.5) is 8.78 Å². The third kappa shape index (κ3) is 4.68. The Morgan fingerprint density at radius 3 is 2.44 bits per heavy atom. The zero-order valence-electron chi connectivity index (χ0n) is 18.5. The molecular weight excluding hydrogens is 418 g/mol. The Hall–Kier alpha value is -2.39. The van der Waals surface area contributed by atoms with Crippen molar-refractivity contribution >= 4 is 0 Å². The van der Waals surface area contributed by atoms with Crippen LogP contribution in [0.2, 0.25) is 0 Å². The summed E-state index contributed by atoms with van der Waals surface area (Å²) in [4.78, 5) is 30.4. The van der Waals surface area contributed by atoms with Crippen molar-refractivity contribution < 1.29 is 13.5 Å². The lowest BCUT2D eigenvalue weighted by molar-refractivity contribution is -0.0344. The fraction of sp³-hybridized carbons (Fsp3) is 0.609. The number of piperidine rings is 1. The van der Waals surface area contributed by atoms with Crippen LogP contribution in [0.5, 0.6) is 0 Å². The van der Waals surface area contributed by atoms with E-state index >= 15 is 0 Å². The van der Waals surface area contributed by atoms with Gasteiger partial charge in [0.2, 0.25) is 0 Å². The Labute approximate surface area is 185 Å². The van der Waals surface area contributed by atoms with Crippen LogP contribution in [0, 0.1) is 6.92 Å². The van der Waals surface area contributed by atoms with Gasteiger partial charge in [0, 0.05) is 25.7 Å². The Balaban J connectivity index is 1.35. The minimum Gasteiger partial charge on any atom is -0.373 e. The van der Waals surface area contributed by atoms with E-state index in [1.165, 1.54) is 11.6 Å². The average molecular weight is 449 g/mol. The summed E-state index contributed by atoms with van der Waals surface area (Å²) >= 11 is 0. The lowest BCUT2D eigenvalue weighted by Crippen LogP contribution is -2.50. The number of alkyl halides is 2. The van der Waals surface area contributed by atoms with E-state index in [1.807, 2.05) is 18.2 Å². The standard InChI is InChI=1S/C23H30F2N4O3/c1-15-26-22(30)29(23(31)27(15)2)13-18(25)12-28-19-7-8-20(28)10-21(9-19)32-14-17-6-4-3-5-16(17)11-24/h3-6,18-21H,7-14H2,1-2H3/t18-,19?,20?,21?/m1/s1. The molecule has 0 amide bonds. The van der Waals surface area contributed by atoms with Crippen molar-refractivity contribution in [3.05, 3.63) is 62.2 Å². The molecule has 7 nitrogen and oxygen atoms in total. The summed E-state index contributed by atoms with van der Waals surface area (Å²) in [5.74, 6) is 0.306. The average Bonchev–Trinajstić information content (AvgIpc) is 3.01. The van der Waals surface area contributed by atoms with E-state index in [0.29, 0.717) is 18.0 Å². The largest absolute Gasteiger partial charge is 0.373 e. The second-order valence-electron chi connectivity index (χ2n) is 8.88. The number of nitrogens with zero attached hydrogens (tertiary/aromatic N) is 4. The summed E-state index contributed by atoms with van der Waals surface area (Å²) in [5, 5.41) is 0. The normalized spacial score (nSPS) is 24.1. The summed E-state index contributed by atoms with van der Waals surface area (Å²) in [7, 11) is 1.52. The van der Waals surface area contributed by atoms with E-state index in [9.17, 15) is 18.4 Å². The molecule has 32 heavy (non-hydrogen) atoms. The number of aromatic nitrogens is 3. The van der Waals surface area contributed by atoms with Gasteiger partial charge in [-0.25, -0.2) is 22.9 Å². The maximum atomic E-state index is 14.9. The van der Waals surface area contributed by atoms with Crippen molar-refractivity contribution in [2.75, 3.05) is 6.54 Å². The number of benzene rings is 1. The Kier molecular flexibility index (Phi) is 6.85. The van der Waals surface area contributed by atoms with Gasteiger partial charge in [0.1, 0.15) is 18.7 Å². The van der Waals surface area contributed by atoms with Gasteiger partial charge in [-0.1, -0.05) is 24.3 Å². The van der Waals surface area contributed by atoms with Crippen molar-refractivity contribution in [1.82, 2.24) is 19.0 Å². The first-order valence-corrected chi connectivity index (χ1v) is 11.2. The first-order valence-electron chi connectivity index (χ1n) is 11.2. The van der Waals surface area contributed by atoms with Crippen molar-refractivity contribution in [1.29, 1.82) is 0 Å². The first kappa shape index (κ1) is 22.8. The number of ether oxygens (including phenoxy) is 1. The monoisotopic (exact) mass is 448 g/mol. The van der Waals surface area contributed by atoms with Gasteiger partial charge in [0.15, 0.2) is 0 Å². The number of rotatable bonds is 8. The highest BCUT2D eigenvalue weighted by atomic mass is 19.1. The molecule has 0 spiro atoms. The van der Waals surface area contributed by atoms with Crippen molar-refractivity contribution in [2.24, 2.45) is 7.05 Å². The van der Waals surface area contributed by atoms with Crippen LogP contribution in [-0.2, 0) is 31.6 Å². The van der Waals surface area contributed by atoms with Crippen LogP contribution in [0.25, 0.3) is 0 Å². The fourth-order valence-electron chi connectivity index (χ4n) is 5.01. The highest BCUT2D eigenvalue weighted by molar-refractivity contribution is 5.25. The molecule has 4 rings (SSSR count). The van der Waals surface area contributed by atoms with E-state index in [0.717, 1.165) is 35.8 Å². The van der Waals surface area contributed by atoms with E-state index in [2.05, 4.69) is 9.88 Å². The summed E-state index contributed by atoms with van der Waals surface area (Å²) in [6, 6.07) is 7.79. The van der Waals surface area contributed by atoms with Gasteiger partial charge in [0.05, 0.1) is 19.3 Å². The summed E-state index contributed by atoms with van der Waals surface area (Å²) in [6.45, 7) is 1.32. The molecule has 2 bridgehead atoms. The molecular formula is C23H30F2N4O3. The van der Waals surface area contributed by atoms with Gasteiger partial charge in [-0.3, -0.25) is 9.47 Å². The molecule has 1 aromatic heterocycles. The predicted molar refractivity (Wildman–Crippen MR) is 116 cm³/mol. The van der Waals surface area contributed by atoms with Crippen LogP contribution in [0.3, 0.4) is 0 Å². The van der Waals surface area contributed by atoms with Crippen molar-refractivity contribution in [3.63, 3.8) is 0 Å². The first-order chi connectivity index (χ1) is 15.4. The van der Waals surface area contributed by atoms with Gasteiger partial charge >= 0.3 is 11.4 Å². The Bertz CT molecular complexity index is 1060. The van der Waals surface area contributed by atoms with Gasteiger partial charge < -0.3 is 4.74 Å². The van der Waals surface area contributed by atoms with Crippen LogP contribution >= 0.6 is 0 Å². The topological polar surface area (TPSA) is 69.4 Å². The molecule has 2 saturated heterocycles. The van der Waals surface area contributed by atoms with Crippen molar-refractivity contribution in [3.8, 4) is 0 Å². The summed E-state index contributed by atoms with van der Waals surface area (Å²) in [5.41, 5.74) is 0.262. The molecule has 2 unspecified atom stereocenters. The molecule has 0 radical (unpaired) electrons. The van der Waals surface area contributed by atoms with Crippen LogP contribution < -0.4 is 11.4 Å². The molecule has 3 atom stereocenters. The zero-order valence-corrected chi connectivity index (χ0v) is 18.5. The van der Waals surface area contributed by atoms with E-state index < -0.39 is 24.2 Å². The second-order valence-corrected chi connectivity index (χ2v) is 8.88. The van der Waals surface area contributed by atoms with Gasteiger partial charge in [-0.05, 0) is 43.7 Å². The molecule has 2 aliphatic heterocycles. The number of aryl methyl sites for hydroxylation is 1. The number of hydrogen-bond acceptors (Lipinski definition) is 5. The molecule has 0 N–H and O–H groups in total. The third-order valence-electron chi connectivity index (χ3n) is 6.86. The van der Waals surface area contributed by atoms with Crippen LogP contribution in [0.15, 0.2) is 33.9 Å². The maximum Gasteiger partial charge on any atom is 0.353 e. The van der Waals surface area contributed by atoms with E-state index in [-0.39, 0.29) is 31.3 Å². The fourth-order valence-corrected chi connectivity index (χ4v) is 5.01. The summed E-state index contributed by atoms with van der Waals surface area (Å²) < 4.78 is 36.3. The molecule has 2 aromatic rings. The van der Waals surface area contributed by atoms with Crippen molar-refractivity contribution in [2.45, 2.75) is 76.8 Å².